The minimum atomic E-state index is -1.84. The Morgan fingerprint density at radius 1 is 1.26 bits per heavy atom. The molecule has 2 amide bonds. The van der Waals surface area contributed by atoms with Gasteiger partial charge in [-0.3, -0.25) is 9.52 Å². The van der Waals surface area contributed by atoms with E-state index in [1.165, 1.54) is 24.4 Å². The highest BCUT2D eigenvalue weighted by atomic mass is 32.2. The smallest absolute Gasteiger partial charge is 0.306 e. The average molecular weight is 462 g/mol. The molecular formula is C19H16FN5O4S2. The monoisotopic (exact) mass is 461 g/mol. The van der Waals surface area contributed by atoms with E-state index in [-0.39, 0.29) is 26.6 Å². The van der Waals surface area contributed by atoms with Crippen LogP contribution in [-0.2, 0) is 11.0 Å². The van der Waals surface area contributed by atoms with Gasteiger partial charge in [-0.15, -0.1) is 0 Å². The molecular weight excluding hydrogens is 445 g/mol. The van der Waals surface area contributed by atoms with E-state index in [2.05, 4.69) is 33.2 Å². The highest BCUT2D eigenvalue weighted by Gasteiger charge is 2.13. The van der Waals surface area contributed by atoms with Gasteiger partial charge >= 0.3 is 11.7 Å². The van der Waals surface area contributed by atoms with Crippen molar-refractivity contribution < 1.29 is 13.4 Å². The van der Waals surface area contributed by atoms with Crippen molar-refractivity contribution in [2.24, 2.45) is 0 Å². The Kier molecular flexibility index (Phi) is 6.51. The molecule has 12 heteroatoms. The zero-order chi connectivity index (χ0) is 22.7. The molecule has 31 heavy (non-hydrogen) atoms. The number of thioether (sulfide) groups is 1. The Balaban J connectivity index is 1.79. The predicted molar refractivity (Wildman–Crippen MR) is 120 cm³/mol. The number of anilines is 1. The van der Waals surface area contributed by atoms with E-state index in [1.54, 1.807) is 6.92 Å². The second-order valence-electron chi connectivity index (χ2n) is 6.17. The van der Waals surface area contributed by atoms with Gasteiger partial charge in [0.2, 0.25) is 0 Å². The first-order chi connectivity index (χ1) is 14.7. The fraction of sp³-hybridized carbons (Fsp3) is 0.0526. The number of rotatable bonds is 6. The number of halogens is 1. The molecule has 0 saturated heterocycles. The van der Waals surface area contributed by atoms with Crippen LogP contribution < -0.4 is 21.3 Å². The molecule has 0 saturated carbocycles. The predicted octanol–water partition coefficient (Wildman–Crippen LogP) is 2.74. The number of fused-ring (bicyclic) bond motifs is 1. The van der Waals surface area contributed by atoms with Crippen molar-refractivity contribution in [3.63, 3.8) is 0 Å². The molecule has 0 spiro atoms. The minimum absolute atomic E-state index is 0.0154. The van der Waals surface area contributed by atoms with Gasteiger partial charge in [-0.1, -0.05) is 24.9 Å². The number of allylic oxidation sites excluding steroid dienone is 1. The van der Waals surface area contributed by atoms with Crippen molar-refractivity contribution in [1.29, 1.82) is 0 Å². The number of urea groups is 1. The van der Waals surface area contributed by atoms with Gasteiger partial charge in [0.25, 0.3) is 5.56 Å². The number of nitrogens with zero attached hydrogens (tertiary/aromatic N) is 2. The summed E-state index contributed by atoms with van der Waals surface area (Å²) in [4.78, 5) is 44.1. The number of benzene rings is 1. The van der Waals surface area contributed by atoms with Crippen LogP contribution in [-0.4, -0.2) is 24.8 Å². The van der Waals surface area contributed by atoms with E-state index in [9.17, 15) is 23.0 Å². The number of aromatic nitrogens is 3. The van der Waals surface area contributed by atoms with E-state index < -0.39 is 34.1 Å². The molecule has 3 rings (SSSR count). The lowest BCUT2D eigenvalue weighted by Crippen LogP contribution is -2.34. The van der Waals surface area contributed by atoms with Gasteiger partial charge in [-0.25, -0.2) is 27.7 Å². The highest BCUT2D eigenvalue weighted by Crippen LogP contribution is 2.23. The summed E-state index contributed by atoms with van der Waals surface area (Å²) >= 11 is 1.08. The Morgan fingerprint density at radius 2 is 2.00 bits per heavy atom. The zero-order valence-corrected chi connectivity index (χ0v) is 17.7. The second kappa shape index (κ2) is 9.10. The second-order valence-corrected chi connectivity index (χ2v) is 9.05. The van der Waals surface area contributed by atoms with E-state index in [1.807, 2.05) is 0 Å². The third-order valence-corrected chi connectivity index (χ3v) is 5.84. The van der Waals surface area contributed by atoms with Crippen molar-refractivity contribution in [1.82, 2.24) is 19.3 Å². The lowest BCUT2D eigenvalue weighted by atomic mass is 10.2. The van der Waals surface area contributed by atoms with Crippen molar-refractivity contribution in [3.05, 3.63) is 85.5 Å². The summed E-state index contributed by atoms with van der Waals surface area (Å²) in [5.41, 5.74) is -1.08. The average Bonchev–Trinajstić information content (AvgIpc) is 2.69. The fourth-order valence-corrected chi connectivity index (χ4v) is 4.09. The molecule has 1 unspecified atom stereocenters. The van der Waals surface area contributed by atoms with Crippen LogP contribution >= 0.6 is 11.8 Å². The van der Waals surface area contributed by atoms with Crippen LogP contribution in [0.15, 0.2) is 68.4 Å². The van der Waals surface area contributed by atoms with Crippen molar-refractivity contribution in [3.8, 4) is 5.82 Å². The van der Waals surface area contributed by atoms with Crippen LogP contribution in [0.4, 0.5) is 14.9 Å². The Hall–Kier alpha value is -3.51. The van der Waals surface area contributed by atoms with Crippen LogP contribution in [0.1, 0.15) is 6.92 Å². The van der Waals surface area contributed by atoms with Gasteiger partial charge in [0.15, 0.2) is 11.0 Å². The maximum Gasteiger partial charge on any atom is 0.334 e. The first-order valence-electron chi connectivity index (χ1n) is 8.58. The highest BCUT2D eigenvalue weighted by molar-refractivity contribution is 8.18. The quantitative estimate of drug-likeness (QED) is 0.518. The van der Waals surface area contributed by atoms with Gasteiger partial charge in [-0.05, 0) is 42.2 Å². The van der Waals surface area contributed by atoms with Crippen LogP contribution in [0.25, 0.3) is 16.7 Å². The minimum Gasteiger partial charge on any atom is -0.306 e. The molecule has 0 radical (unpaired) electrons. The van der Waals surface area contributed by atoms with Crippen molar-refractivity contribution in [2.75, 3.05) is 5.32 Å². The molecule has 160 valence electrons. The summed E-state index contributed by atoms with van der Waals surface area (Å²) in [5.74, 6) is -0.651. The lowest BCUT2D eigenvalue weighted by Gasteiger charge is -2.09. The zero-order valence-electron chi connectivity index (χ0n) is 16.1. The summed E-state index contributed by atoms with van der Waals surface area (Å²) in [6.45, 7) is 8.97. The number of hydrogen-bond donors (Lipinski definition) is 3. The Morgan fingerprint density at radius 3 is 2.65 bits per heavy atom. The fourth-order valence-electron chi connectivity index (χ4n) is 2.52. The number of carbonyl (C=O) groups excluding carboxylic acids is 1. The number of carbonyl (C=O) groups is 1. The summed E-state index contributed by atoms with van der Waals surface area (Å²) in [6.07, 6.45) is 1.21. The van der Waals surface area contributed by atoms with Crippen LogP contribution in [0, 0.1) is 5.82 Å². The topological polar surface area (TPSA) is 126 Å². The van der Waals surface area contributed by atoms with Gasteiger partial charge in [0.05, 0.1) is 27.0 Å². The summed E-state index contributed by atoms with van der Waals surface area (Å²) < 4.78 is 28.6. The first-order valence-corrected chi connectivity index (χ1v) is 10.5. The SMILES string of the molecule is C=C(C)SC(=C)S(=O)NC(=O)Nc1ccc(-n2c(=O)[nH]c3ccc(F)cc3c2=O)nc1. The Bertz CT molecular complexity index is 1350. The molecule has 9 nitrogen and oxygen atoms in total. The maximum atomic E-state index is 13.5. The van der Waals surface area contributed by atoms with Crippen LogP contribution in [0.5, 0.6) is 0 Å². The number of H-pyrrole nitrogens is 1. The van der Waals surface area contributed by atoms with Crippen LogP contribution in [0.3, 0.4) is 0 Å². The number of aromatic amines is 1. The molecule has 2 heterocycles. The number of pyridine rings is 1. The van der Waals surface area contributed by atoms with E-state index in [0.29, 0.717) is 4.91 Å². The van der Waals surface area contributed by atoms with Gasteiger partial charge in [-0.2, -0.15) is 0 Å². The largest absolute Gasteiger partial charge is 0.334 e. The summed E-state index contributed by atoms with van der Waals surface area (Å²) in [7, 11) is -1.84. The standard InChI is InChI=1S/C19H16FN5O4S2/c1-10(2)30-11(3)31(29)24-18(27)22-13-5-7-16(21-9-13)25-17(26)14-8-12(20)4-6-15(14)23-19(25)28/h4-9H,1,3H2,2H3,(H,23,28)(H2,22,24,27). The molecule has 0 fully saturated rings. The van der Waals surface area contributed by atoms with Gasteiger partial charge in [0.1, 0.15) is 11.6 Å². The molecule has 1 aromatic carbocycles. The summed E-state index contributed by atoms with van der Waals surface area (Å²) in [6, 6.07) is 5.39. The number of hydrogen-bond acceptors (Lipinski definition) is 6. The molecule has 0 aliphatic heterocycles. The van der Waals surface area contributed by atoms with E-state index >= 15 is 0 Å². The third kappa shape index (κ3) is 5.16. The lowest BCUT2D eigenvalue weighted by molar-refractivity contribution is 0.257. The van der Waals surface area contributed by atoms with Gasteiger partial charge in [0, 0.05) is 0 Å². The molecule has 2 aromatic heterocycles. The van der Waals surface area contributed by atoms with Crippen LogP contribution in [0.2, 0.25) is 0 Å². The normalized spacial score (nSPS) is 11.7. The molecule has 0 aliphatic carbocycles. The molecule has 0 bridgehead atoms. The van der Waals surface area contributed by atoms with Crippen molar-refractivity contribution in [2.45, 2.75) is 6.92 Å². The summed E-state index contributed by atoms with van der Waals surface area (Å²) in [5, 5.41) is 2.41. The van der Waals surface area contributed by atoms with E-state index in [4.69, 9.17) is 0 Å². The number of nitrogens with one attached hydrogen (secondary N) is 3. The molecule has 3 N–H and O–H groups in total. The first kappa shape index (κ1) is 22.2. The molecule has 3 aromatic rings. The number of amides is 2. The third-order valence-electron chi connectivity index (χ3n) is 3.77. The molecule has 0 aliphatic rings. The van der Waals surface area contributed by atoms with Gasteiger partial charge < -0.3 is 10.3 Å². The molecule has 1 atom stereocenters. The Labute approximate surface area is 181 Å². The maximum absolute atomic E-state index is 13.5. The van der Waals surface area contributed by atoms with E-state index in [0.717, 1.165) is 28.5 Å². The van der Waals surface area contributed by atoms with Crippen molar-refractivity contribution >= 4 is 45.4 Å².